The Balaban J connectivity index is -0.000000276. The second-order valence-electron chi connectivity index (χ2n) is 4.76. The summed E-state index contributed by atoms with van der Waals surface area (Å²) in [4.78, 5) is 29.3. The molecule has 0 aliphatic heterocycles. The van der Waals surface area contributed by atoms with E-state index in [1.54, 1.807) is 20.8 Å². The number of carbonyl (C=O) groups excluding carboxylic acids is 2. The Hall–Kier alpha value is -1.13. The molecule has 0 aromatic rings. The summed E-state index contributed by atoms with van der Waals surface area (Å²) in [5.74, 6) is -2.47. The molecule has 1 amide bonds. The summed E-state index contributed by atoms with van der Waals surface area (Å²) in [6.07, 6.45) is -7.06. The van der Waals surface area contributed by atoms with E-state index in [0.29, 0.717) is 0 Å². The number of carbonyl (C=O) groups is 3. The Bertz CT molecular complexity index is 357. The van der Waals surface area contributed by atoms with Crippen LogP contribution in [0.2, 0.25) is 0 Å². The van der Waals surface area contributed by atoms with Gasteiger partial charge in [0.2, 0.25) is 0 Å². The summed E-state index contributed by atoms with van der Waals surface area (Å²) in [7, 11) is 0. The predicted molar refractivity (Wildman–Crippen MR) is 80.8 cm³/mol. The van der Waals surface area contributed by atoms with Crippen LogP contribution in [-0.2, 0) is 19.1 Å². The summed E-state index contributed by atoms with van der Waals surface area (Å²) in [6.45, 7) is 6.44. The summed E-state index contributed by atoms with van der Waals surface area (Å²) in [5.41, 5.74) is 4.26. The molecular formula is C11H17Cl3F3NO6. The molecule has 0 aromatic heterocycles. The number of carboxylic acid groups (broad SMARTS) is 1. The van der Waals surface area contributed by atoms with Gasteiger partial charge in [-0.2, -0.15) is 13.2 Å². The third-order valence-electron chi connectivity index (χ3n) is 1.02. The van der Waals surface area contributed by atoms with E-state index in [0.717, 1.165) is 6.92 Å². The van der Waals surface area contributed by atoms with Gasteiger partial charge in [0.25, 0.3) is 0 Å². The van der Waals surface area contributed by atoms with E-state index in [1.807, 2.05) is 0 Å². The van der Waals surface area contributed by atoms with E-state index in [1.165, 1.54) is 0 Å². The number of esters is 1. The SMILES string of the molecule is CC(=O)OC(Cl)(Cl)Cl.CC(C)(C)OC(N)=O.O=C(O)CC(F)(F)F. The summed E-state index contributed by atoms with van der Waals surface area (Å²) in [6, 6.07) is 0. The van der Waals surface area contributed by atoms with Crippen molar-refractivity contribution in [1.29, 1.82) is 0 Å². The molecule has 0 radical (unpaired) electrons. The van der Waals surface area contributed by atoms with Gasteiger partial charge < -0.3 is 20.3 Å². The second-order valence-corrected chi connectivity index (χ2v) is 6.94. The van der Waals surface area contributed by atoms with Gasteiger partial charge in [-0.3, -0.25) is 9.59 Å². The Morgan fingerprint density at radius 1 is 1.04 bits per heavy atom. The van der Waals surface area contributed by atoms with E-state index in [2.05, 4.69) is 9.47 Å². The molecule has 24 heavy (non-hydrogen) atoms. The van der Waals surface area contributed by atoms with Crippen molar-refractivity contribution in [1.82, 2.24) is 0 Å². The minimum atomic E-state index is -4.58. The number of ether oxygens (including phenoxy) is 2. The first kappa shape index (κ1) is 27.7. The van der Waals surface area contributed by atoms with E-state index in [-0.39, 0.29) is 0 Å². The largest absolute Gasteiger partial charge is 0.481 e. The Kier molecular flexibility index (Phi) is 13.2. The zero-order valence-corrected chi connectivity index (χ0v) is 15.3. The highest BCUT2D eigenvalue weighted by molar-refractivity contribution is 6.66. The Labute approximate surface area is 151 Å². The fraction of sp³-hybridized carbons (Fsp3) is 0.727. The van der Waals surface area contributed by atoms with Gasteiger partial charge in [0.1, 0.15) is 12.0 Å². The quantitative estimate of drug-likeness (QED) is 0.491. The lowest BCUT2D eigenvalue weighted by atomic mass is 10.2. The van der Waals surface area contributed by atoms with Crippen LogP contribution in [-0.4, -0.2) is 38.9 Å². The lowest BCUT2D eigenvalue weighted by Crippen LogP contribution is -2.27. The number of rotatable bonds is 1. The number of carboxylic acids is 1. The highest BCUT2D eigenvalue weighted by Gasteiger charge is 2.30. The zero-order valence-electron chi connectivity index (χ0n) is 13.0. The minimum Gasteiger partial charge on any atom is -0.481 e. The third kappa shape index (κ3) is 42.8. The van der Waals surface area contributed by atoms with Crippen molar-refractivity contribution in [3.63, 3.8) is 0 Å². The Morgan fingerprint density at radius 2 is 1.42 bits per heavy atom. The van der Waals surface area contributed by atoms with Crippen molar-refractivity contribution in [2.45, 2.75) is 49.9 Å². The van der Waals surface area contributed by atoms with Crippen LogP contribution in [0.5, 0.6) is 0 Å². The van der Waals surface area contributed by atoms with Crippen LogP contribution in [0.1, 0.15) is 34.1 Å². The van der Waals surface area contributed by atoms with Crippen molar-refractivity contribution >= 4 is 52.8 Å². The highest BCUT2D eigenvalue weighted by atomic mass is 35.6. The van der Waals surface area contributed by atoms with Crippen LogP contribution in [0.25, 0.3) is 0 Å². The summed E-state index contributed by atoms with van der Waals surface area (Å²) >= 11 is 15.0. The average Bonchev–Trinajstić information content (AvgIpc) is 2.04. The van der Waals surface area contributed by atoms with Crippen LogP contribution in [0.4, 0.5) is 18.0 Å². The molecule has 0 spiro atoms. The molecule has 0 heterocycles. The number of hydrogen-bond acceptors (Lipinski definition) is 5. The molecule has 0 bridgehead atoms. The molecule has 13 heteroatoms. The number of alkyl halides is 6. The molecule has 0 fully saturated rings. The van der Waals surface area contributed by atoms with Crippen molar-refractivity contribution < 1.29 is 42.1 Å². The van der Waals surface area contributed by atoms with Crippen molar-refractivity contribution in [3.05, 3.63) is 0 Å². The predicted octanol–water partition coefficient (Wildman–Crippen LogP) is 3.78. The molecular weight excluding hydrogens is 405 g/mol. The minimum absolute atomic E-state index is 0.453. The molecule has 0 saturated carbocycles. The van der Waals surface area contributed by atoms with Crippen LogP contribution >= 0.6 is 34.8 Å². The molecule has 0 atom stereocenters. The summed E-state index contributed by atoms with van der Waals surface area (Å²) < 4.78 is 39.5. The molecule has 0 aromatic carbocycles. The lowest BCUT2D eigenvalue weighted by Gasteiger charge is -2.16. The molecule has 7 nitrogen and oxygen atoms in total. The van der Waals surface area contributed by atoms with Gasteiger partial charge in [0.05, 0.1) is 0 Å². The standard InChI is InChI=1S/C5H11NO2.C3H3Cl3O2.C3H3F3O2/c1-5(2,3)8-4(6)7;1-2(7)8-3(4,5)6;4-3(5,6)1-2(7)8/h1-3H3,(H2,6,7);1H3;1H2,(H,7,8). The van der Waals surface area contributed by atoms with Crippen LogP contribution in [0.15, 0.2) is 0 Å². The monoisotopic (exact) mass is 421 g/mol. The van der Waals surface area contributed by atoms with Gasteiger partial charge in [-0.05, 0) is 55.6 Å². The Morgan fingerprint density at radius 3 is 1.42 bits per heavy atom. The highest BCUT2D eigenvalue weighted by Crippen LogP contribution is 2.27. The first-order chi connectivity index (χ1) is 10.2. The number of aliphatic carboxylic acids is 1. The van der Waals surface area contributed by atoms with Crippen LogP contribution in [0.3, 0.4) is 0 Å². The number of nitrogens with two attached hydrogens (primary N) is 1. The van der Waals surface area contributed by atoms with Crippen molar-refractivity contribution in [2.75, 3.05) is 0 Å². The maximum atomic E-state index is 10.9. The zero-order chi connectivity index (χ0) is 20.4. The number of amides is 1. The summed E-state index contributed by atoms with van der Waals surface area (Å²) in [5, 5.41) is 7.53. The molecule has 0 rings (SSSR count). The fourth-order valence-corrected chi connectivity index (χ4v) is 0.962. The fourth-order valence-electron chi connectivity index (χ4n) is 0.636. The average molecular weight is 423 g/mol. The second kappa shape index (κ2) is 11.4. The van der Waals surface area contributed by atoms with E-state index in [4.69, 9.17) is 45.6 Å². The van der Waals surface area contributed by atoms with Gasteiger partial charge in [-0.1, -0.05) is 0 Å². The molecule has 3 N–H and O–H groups in total. The third-order valence-corrected chi connectivity index (χ3v) is 1.25. The molecule has 0 aliphatic carbocycles. The number of primary amides is 1. The van der Waals surface area contributed by atoms with E-state index < -0.39 is 40.2 Å². The van der Waals surface area contributed by atoms with Gasteiger partial charge in [-0.25, -0.2) is 4.79 Å². The molecule has 0 aliphatic rings. The molecule has 0 saturated heterocycles. The van der Waals surface area contributed by atoms with Gasteiger partial charge in [0.15, 0.2) is 0 Å². The lowest BCUT2D eigenvalue weighted by molar-refractivity contribution is -0.166. The smallest absolute Gasteiger partial charge is 0.405 e. The van der Waals surface area contributed by atoms with Crippen molar-refractivity contribution in [2.24, 2.45) is 5.73 Å². The first-order valence-corrected chi connectivity index (χ1v) is 6.92. The number of halogens is 6. The van der Waals surface area contributed by atoms with Crippen LogP contribution in [0, 0.1) is 0 Å². The van der Waals surface area contributed by atoms with Gasteiger partial charge >= 0.3 is 28.2 Å². The van der Waals surface area contributed by atoms with Crippen LogP contribution < -0.4 is 5.73 Å². The topological polar surface area (TPSA) is 116 Å². The molecule has 0 unspecified atom stereocenters. The van der Waals surface area contributed by atoms with Gasteiger partial charge in [-0.15, -0.1) is 0 Å². The van der Waals surface area contributed by atoms with Gasteiger partial charge in [0, 0.05) is 6.92 Å². The van der Waals surface area contributed by atoms with Crippen molar-refractivity contribution in [3.8, 4) is 0 Å². The van der Waals surface area contributed by atoms with E-state index >= 15 is 0 Å². The van der Waals surface area contributed by atoms with E-state index in [9.17, 15) is 27.6 Å². The maximum absolute atomic E-state index is 10.9. The molecule has 144 valence electrons. The maximum Gasteiger partial charge on any atom is 0.405 e. The normalized spacial score (nSPS) is 11.1. The first-order valence-electron chi connectivity index (χ1n) is 5.78. The number of hydrogen-bond donors (Lipinski definition) is 2.